The Morgan fingerprint density at radius 2 is 1.90 bits per heavy atom. The van der Waals surface area contributed by atoms with E-state index in [1.165, 1.54) is 0 Å². The first-order valence-corrected chi connectivity index (χ1v) is 7.34. The fraction of sp³-hybridized carbons (Fsp3) is 0.786. The molecule has 2 saturated heterocycles. The highest BCUT2D eigenvalue weighted by Crippen LogP contribution is 2.24. The largest absolute Gasteiger partial charge is 0.444 e. The van der Waals surface area contributed by atoms with E-state index in [1.807, 2.05) is 20.8 Å². The lowest BCUT2D eigenvalue weighted by molar-refractivity contribution is -0.120. The summed E-state index contributed by atoms with van der Waals surface area (Å²) in [6.45, 7) is 6.79. The van der Waals surface area contributed by atoms with Crippen LogP contribution in [0.2, 0.25) is 0 Å². The van der Waals surface area contributed by atoms with Gasteiger partial charge in [-0.1, -0.05) is 0 Å². The molecule has 2 fully saturated rings. The van der Waals surface area contributed by atoms with Crippen molar-refractivity contribution >= 4 is 18.0 Å². The third kappa shape index (κ3) is 4.34. The first-order chi connectivity index (χ1) is 9.74. The minimum Gasteiger partial charge on any atom is -0.444 e. The van der Waals surface area contributed by atoms with Crippen molar-refractivity contribution in [1.29, 1.82) is 0 Å². The summed E-state index contributed by atoms with van der Waals surface area (Å²) in [5.41, 5.74) is -0.486. The van der Waals surface area contributed by atoms with E-state index in [1.54, 1.807) is 4.90 Å². The maximum atomic E-state index is 11.9. The van der Waals surface area contributed by atoms with E-state index in [2.05, 4.69) is 10.6 Å². The predicted molar refractivity (Wildman–Crippen MR) is 75.6 cm³/mol. The fourth-order valence-corrected chi connectivity index (χ4v) is 2.64. The summed E-state index contributed by atoms with van der Waals surface area (Å²) in [6.07, 6.45) is 1.98. The first kappa shape index (κ1) is 15.6. The van der Waals surface area contributed by atoms with Crippen molar-refractivity contribution in [3.8, 4) is 0 Å². The Bertz CT molecular complexity index is 436. The van der Waals surface area contributed by atoms with Crippen molar-refractivity contribution in [2.24, 2.45) is 5.92 Å². The third-order valence-electron chi connectivity index (χ3n) is 3.69. The van der Waals surface area contributed by atoms with Crippen molar-refractivity contribution < 1.29 is 19.1 Å². The number of ether oxygens (including phenoxy) is 1. The molecule has 0 spiro atoms. The molecular weight excluding hydrogens is 274 g/mol. The van der Waals surface area contributed by atoms with Crippen LogP contribution in [0.5, 0.6) is 0 Å². The highest BCUT2D eigenvalue weighted by molar-refractivity contribution is 6.04. The molecule has 1 unspecified atom stereocenters. The number of carbonyl (C=O) groups is 3. The van der Waals surface area contributed by atoms with E-state index in [4.69, 9.17) is 4.74 Å². The van der Waals surface area contributed by atoms with Crippen LogP contribution in [0, 0.1) is 5.92 Å². The highest BCUT2D eigenvalue weighted by Gasteiger charge is 2.34. The van der Waals surface area contributed by atoms with Crippen molar-refractivity contribution in [2.45, 2.75) is 51.7 Å². The topological polar surface area (TPSA) is 87.7 Å². The number of likely N-dealkylation sites (tertiary alicyclic amines) is 1. The highest BCUT2D eigenvalue weighted by atomic mass is 16.6. The summed E-state index contributed by atoms with van der Waals surface area (Å²) in [7, 11) is 0. The predicted octanol–water partition coefficient (Wildman–Crippen LogP) is 1.23. The van der Waals surface area contributed by atoms with Crippen LogP contribution in [0.25, 0.3) is 0 Å². The molecule has 0 aromatic heterocycles. The van der Waals surface area contributed by atoms with E-state index >= 15 is 0 Å². The molecule has 2 heterocycles. The maximum Gasteiger partial charge on any atom is 0.410 e. The summed E-state index contributed by atoms with van der Waals surface area (Å²) < 4.78 is 5.34. The van der Waals surface area contributed by atoms with Gasteiger partial charge < -0.3 is 15.0 Å². The number of hydrogen-bond acceptors (Lipinski definition) is 4. The normalized spacial score (nSPS) is 23.8. The first-order valence-electron chi connectivity index (χ1n) is 7.34. The zero-order valence-corrected chi connectivity index (χ0v) is 12.8. The van der Waals surface area contributed by atoms with Crippen LogP contribution in [0.15, 0.2) is 0 Å². The molecule has 0 aromatic carbocycles. The minimum atomic E-state index is -0.486. The number of nitrogens with zero attached hydrogens (tertiary/aromatic N) is 1. The number of amides is 4. The third-order valence-corrected chi connectivity index (χ3v) is 3.69. The molecule has 0 radical (unpaired) electrons. The number of rotatable bonds is 2. The summed E-state index contributed by atoms with van der Waals surface area (Å²) in [5.74, 6) is 0.0763. The maximum absolute atomic E-state index is 11.9. The number of piperidine rings is 1. The van der Waals surface area contributed by atoms with E-state index in [9.17, 15) is 14.4 Å². The molecule has 21 heavy (non-hydrogen) atoms. The summed E-state index contributed by atoms with van der Waals surface area (Å²) in [6, 6.07) is -0.855. The molecule has 7 heteroatoms. The van der Waals surface area contributed by atoms with Crippen LogP contribution in [0.3, 0.4) is 0 Å². The minimum absolute atomic E-state index is 0.255. The molecule has 2 aliphatic heterocycles. The Kier molecular flexibility index (Phi) is 4.39. The van der Waals surface area contributed by atoms with Crippen molar-refractivity contribution in [2.75, 3.05) is 13.1 Å². The summed E-state index contributed by atoms with van der Waals surface area (Å²) >= 11 is 0. The van der Waals surface area contributed by atoms with Gasteiger partial charge in [-0.25, -0.2) is 9.59 Å². The second-order valence-electron chi connectivity index (χ2n) is 6.66. The van der Waals surface area contributed by atoms with Gasteiger partial charge in [-0.05, 0) is 46.0 Å². The lowest BCUT2D eigenvalue weighted by Crippen LogP contribution is -2.43. The number of carbonyl (C=O) groups excluding carboxylic acids is 3. The van der Waals surface area contributed by atoms with E-state index in [0.29, 0.717) is 25.4 Å². The number of nitrogens with one attached hydrogen (secondary N) is 2. The molecule has 2 rings (SSSR count). The van der Waals surface area contributed by atoms with Gasteiger partial charge in [0.05, 0.1) is 0 Å². The molecule has 2 aliphatic rings. The van der Waals surface area contributed by atoms with Gasteiger partial charge in [0, 0.05) is 13.1 Å². The lowest BCUT2D eigenvalue weighted by atomic mass is 9.90. The summed E-state index contributed by atoms with van der Waals surface area (Å²) in [5, 5.41) is 4.85. The van der Waals surface area contributed by atoms with Crippen LogP contribution in [0.1, 0.15) is 40.0 Å². The summed E-state index contributed by atoms with van der Waals surface area (Å²) in [4.78, 5) is 36.2. The van der Waals surface area contributed by atoms with Gasteiger partial charge in [0.2, 0.25) is 0 Å². The molecule has 2 N–H and O–H groups in total. The Morgan fingerprint density at radius 3 is 2.38 bits per heavy atom. The quantitative estimate of drug-likeness (QED) is 0.750. The monoisotopic (exact) mass is 297 g/mol. The SMILES string of the molecule is CC(C)(C)OC(=O)N1CCC(CC2NC(=O)NC2=O)CC1. The zero-order valence-electron chi connectivity index (χ0n) is 12.8. The fourth-order valence-electron chi connectivity index (χ4n) is 2.64. The Balaban J connectivity index is 1.77. The molecule has 0 aromatic rings. The van der Waals surface area contributed by atoms with Gasteiger partial charge in [-0.2, -0.15) is 0 Å². The molecule has 7 nitrogen and oxygen atoms in total. The average Bonchev–Trinajstić information content (AvgIpc) is 2.66. The Hall–Kier alpha value is -1.79. The average molecular weight is 297 g/mol. The van der Waals surface area contributed by atoms with E-state index in [-0.39, 0.29) is 12.0 Å². The smallest absolute Gasteiger partial charge is 0.410 e. The van der Waals surface area contributed by atoms with Gasteiger partial charge >= 0.3 is 12.1 Å². The van der Waals surface area contributed by atoms with Crippen LogP contribution in [-0.2, 0) is 9.53 Å². The van der Waals surface area contributed by atoms with Crippen molar-refractivity contribution in [3.63, 3.8) is 0 Å². The second-order valence-corrected chi connectivity index (χ2v) is 6.66. The second kappa shape index (κ2) is 5.91. The Morgan fingerprint density at radius 1 is 1.29 bits per heavy atom. The number of urea groups is 1. The van der Waals surface area contributed by atoms with Gasteiger partial charge in [0.1, 0.15) is 11.6 Å². The van der Waals surface area contributed by atoms with Crippen LogP contribution in [0.4, 0.5) is 9.59 Å². The molecule has 1 atom stereocenters. The number of hydrogen-bond donors (Lipinski definition) is 2. The van der Waals surface area contributed by atoms with Crippen molar-refractivity contribution in [1.82, 2.24) is 15.5 Å². The van der Waals surface area contributed by atoms with Crippen LogP contribution < -0.4 is 10.6 Å². The molecular formula is C14H23N3O4. The standard InChI is InChI=1S/C14H23N3O4/c1-14(2,3)21-13(20)17-6-4-9(5-7-17)8-10-11(18)16-12(19)15-10/h9-10H,4-8H2,1-3H3,(H2,15,16,18,19). The van der Waals surface area contributed by atoms with Gasteiger partial charge in [0.15, 0.2) is 0 Å². The van der Waals surface area contributed by atoms with Gasteiger partial charge in [0.25, 0.3) is 5.91 Å². The van der Waals surface area contributed by atoms with Gasteiger partial charge in [-0.3, -0.25) is 10.1 Å². The molecule has 4 amide bonds. The lowest BCUT2D eigenvalue weighted by Gasteiger charge is -2.33. The molecule has 0 saturated carbocycles. The Labute approximate surface area is 124 Å². The zero-order chi connectivity index (χ0) is 15.6. The molecule has 118 valence electrons. The van der Waals surface area contributed by atoms with E-state index in [0.717, 1.165) is 12.8 Å². The van der Waals surface area contributed by atoms with Crippen molar-refractivity contribution in [3.05, 3.63) is 0 Å². The van der Waals surface area contributed by atoms with Crippen LogP contribution >= 0.6 is 0 Å². The van der Waals surface area contributed by atoms with Crippen LogP contribution in [-0.4, -0.2) is 47.7 Å². The molecule has 0 bridgehead atoms. The number of imide groups is 1. The van der Waals surface area contributed by atoms with E-state index < -0.39 is 17.7 Å². The molecule has 0 aliphatic carbocycles. The van der Waals surface area contributed by atoms with Gasteiger partial charge in [-0.15, -0.1) is 0 Å².